The predicted molar refractivity (Wildman–Crippen MR) is 74.2 cm³/mol. The van der Waals surface area contributed by atoms with Gasteiger partial charge in [0.25, 0.3) is 0 Å². The van der Waals surface area contributed by atoms with E-state index in [1.165, 1.54) is 18.3 Å². The Morgan fingerprint density at radius 2 is 1.95 bits per heavy atom. The largest absolute Gasteiger partial charge is 0.373 e. The molecule has 0 aliphatic rings. The average Bonchev–Trinajstić information content (AvgIpc) is 2.48. The monoisotopic (exact) mass is 313 g/mol. The van der Waals surface area contributed by atoms with Crippen molar-refractivity contribution in [1.29, 1.82) is 0 Å². The number of pyridine rings is 1. The third-order valence-corrected chi connectivity index (χ3v) is 4.15. The summed E-state index contributed by atoms with van der Waals surface area (Å²) < 4.78 is 52.7. The van der Waals surface area contributed by atoms with Gasteiger partial charge < -0.3 is 5.32 Å². The summed E-state index contributed by atoms with van der Waals surface area (Å²) in [6.07, 6.45) is 1.18. The molecule has 0 aliphatic carbocycles. The molecule has 0 radical (unpaired) electrons. The second-order valence-electron chi connectivity index (χ2n) is 4.19. The van der Waals surface area contributed by atoms with Gasteiger partial charge >= 0.3 is 0 Å². The van der Waals surface area contributed by atoms with E-state index < -0.39 is 21.7 Å². The Hall–Kier alpha value is -2.06. The lowest BCUT2D eigenvalue weighted by Crippen LogP contribution is -2.24. The molecule has 2 N–H and O–H groups in total. The fourth-order valence-electron chi connectivity index (χ4n) is 1.62. The molecule has 1 aromatic carbocycles. The Labute approximate surface area is 121 Å². The van der Waals surface area contributed by atoms with E-state index >= 15 is 0 Å². The van der Waals surface area contributed by atoms with Crippen LogP contribution >= 0.6 is 0 Å². The molecular formula is C13H13F2N3O2S. The molecule has 0 aliphatic heterocycles. The van der Waals surface area contributed by atoms with Gasteiger partial charge in [0.2, 0.25) is 10.0 Å². The standard InChI is InChI=1S/C13H13F2N3O2S/c1-16-13-5-3-11(8-17-13)21(19,20)18-7-9-6-10(14)2-4-12(9)15/h2-6,8,18H,7H2,1H3,(H,16,17). The SMILES string of the molecule is CNc1ccc(S(=O)(=O)NCc2cc(F)ccc2F)cn1. The molecule has 8 heteroatoms. The second kappa shape index (κ2) is 6.15. The number of nitrogens with one attached hydrogen (secondary N) is 2. The Balaban J connectivity index is 2.15. The van der Waals surface area contributed by atoms with Gasteiger partial charge in [-0.05, 0) is 30.3 Å². The summed E-state index contributed by atoms with van der Waals surface area (Å²) in [6.45, 7) is -0.348. The van der Waals surface area contributed by atoms with E-state index in [4.69, 9.17) is 0 Å². The minimum Gasteiger partial charge on any atom is -0.373 e. The fourth-order valence-corrected chi connectivity index (χ4v) is 2.57. The van der Waals surface area contributed by atoms with Crippen LogP contribution < -0.4 is 10.0 Å². The maximum absolute atomic E-state index is 13.4. The summed E-state index contributed by atoms with van der Waals surface area (Å²) in [5.74, 6) is -0.793. The molecule has 0 amide bonds. The number of rotatable bonds is 5. The molecule has 2 aromatic rings. The van der Waals surface area contributed by atoms with Crippen molar-refractivity contribution >= 4 is 15.8 Å². The van der Waals surface area contributed by atoms with Crippen LogP contribution in [0.4, 0.5) is 14.6 Å². The van der Waals surface area contributed by atoms with Crippen molar-refractivity contribution in [2.24, 2.45) is 0 Å². The highest BCUT2D eigenvalue weighted by atomic mass is 32.2. The van der Waals surface area contributed by atoms with Gasteiger partial charge in [-0.3, -0.25) is 0 Å². The lowest BCUT2D eigenvalue weighted by Gasteiger charge is -2.08. The van der Waals surface area contributed by atoms with Crippen molar-refractivity contribution in [3.63, 3.8) is 0 Å². The quantitative estimate of drug-likeness (QED) is 0.884. The van der Waals surface area contributed by atoms with Crippen LogP contribution in [0, 0.1) is 11.6 Å². The zero-order valence-corrected chi connectivity index (χ0v) is 11.9. The van der Waals surface area contributed by atoms with Crippen LogP contribution in [0.25, 0.3) is 0 Å². The molecule has 0 saturated heterocycles. The first-order chi connectivity index (χ1) is 9.92. The molecule has 0 spiro atoms. The number of aromatic nitrogens is 1. The van der Waals surface area contributed by atoms with Crippen LogP contribution in [0.2, 0.25) is 0 Å². The lowest BCUT2D eigenvalue weighted by molar-refractivity contribution is 0.567. The van der Waals surface area contributed by atoms with Gasteiger partial charge in [0.15, 0.2) is 0 Å². The minimum atomic E-state index is -3.84. The third-order valence-electron chi connectivity index (χ3n) is 2.76. The molecule has 0 atom stereocenters. The van der Waals surface area contributed by atoms with Gasteiger partial charge in [0.1, 0.15) is 22.3 Å². The zero-order chi connectivity index (χ0) is 15.5. The Morgan fingerprint density at radius 1 is 1.19 bits per heavy atom. The molecule has 1 heterocycles. The highest BCUT2D eigenvalue weighted by molar-refractivity contribution is 7.89. The third kappa shape index (κ3) is 3.73. The van der Waals surface area contributed by atoms with Gasteiger partial charge in [-0.2, -0.15) is 0 Å². The molecule has 0 fully saturated rings. The lowest BCUT2D eigenvalue weighted by atomic mass is 10.2. The average molecular weight is 313 g/mol. The van der Waals surface area contributed by atoms with E-state index in [0.717, 1.165) is 18.2 Å². The summed E-state index contributed by atoms with van der Waals surface area (Å²) in [6, 6.07) is 5.72. The van der Waals surface area contributed by atoms with E-state index in [0.29, 0.717) is 5.82 Å². The van der Waals surface area contributed by atoms with Gasteiger partial charge in [0.05, 0.1) is 0 Å². The number of hydrogen-bond acceptors (Lipinski definition) is 4. The molecule has 0 saturated carbocycles. The number of benzene rings is 1. The van der Waals surface area contributed by atoms with Gasteiger partial charge in [-0.25, -0.2) is 26.9 Å². The fraction of sp³-hybridized carbons (Fsp3) is 0.154. The summed E-state index contributed by atoms with van der Waals surface area (Å²) in [7, 11) is -2.19. The molecule has 21 heavy (non-hydrogen) atoms. The summed E-state index contributed by atoms with van der Waals surface area (Å²) in [5, 5.41) is 2.76. The van der Waals surface area contributed by atoms with Crippen LogP contribution in [0.15, 0.2) is 41.4 Å². The molecule has 5 nitrogen and oxygen atoms in total. The zero-order valence-electron chi connectivity index (χ0n) is 11.1. The van der Waals surface area contributed by atoms with Crippen molar-refractivity contribution in [3.8, 4) is 0 Å². The van der Waals surface area contributed by atoms with Crippen molar-refractivity contribution in [2.75, 3.05) is 12.4 Å². The van der Waals surface area contributed by atoms with Crippen molar-refractivity contribution in [1.82, 2.24) is 9.71 Å². The van der Waals surface area contributed by atoms with E-state index in [2.05, 4.69) is 15.0 Å². The van der Waals surface area contributed by atoms with Gasteiger partial charge in [-0.1, -0.05) is 0 Å². The molecule has 0 unspecified atom stereocenters. The maximum atomic E-state index is 13.4. The number of sulfonamides is 1. The molecular weight excluding hydrogens is 300 g/mol. The topological polar surface area (TPSA) is 71.1 Å². The van der Waals surface area contributed by atoms with E-state index in [1.54, 1.807) is 7.05 Å². The highest BCUT2D eigenvalue weighted by Crippen LogP contribution is 2.13. The Morgan fingerprint density at radius 3 is 2.57 bits per heavy atom. The minimum absolute atomic E-state index is 0.0571. The summed E-state index contributed by atoms with van der Waals surface area (Å²) >= 11 is 0. The molecule has 1 aromatic heterocycles. The van der Waals surface area contributed by atoms with Crippen LogP contribution in [0.3, 0.4) is 0 Å². The van der Waals surface area contributed by atoms with E-state index in [-0.39, 0.29) is 17.0 Å². The first-order valence-corrected chi connectivity index (χ1v) is 7.48. The number of halogens is 2. The van der Waals surface area contributed by atoms with Crippen LogP contribution in [0.1, 0.15) is 5.56 Å². The van der Waals surface area contributed by atoms with Crippen molar-refractivity contribution in [2.45, 2.75) is 11.4 Å². The smallest absolute Gasteiger partial charge is 0.242 e. The number of hydrogen-bond donors (Lipinski definition) is 2. The second-order valence-corrected chi connectivity index (χ2v) is 5.96. The van der Waals surface area contributed by atoms with E-state index in [1.807, 2.05) is 0 Å². The normalized spacial score (nSPS) is 11.4. The van der Waals surface area contributed by atoms with Crippen LogP contribution in [-0.4, -0.2) is 20.4 Å². The van der Waals surface area contributed by atoms with Crippen LogP contribution in [0.5, 0.6) is 0 Å². The summed E-state index contributed by atoms with van der Waals surface area (Å²) in [4.78, 5) is 3.83. The molecule has 0 bridgehead atoms. The van der Waals surface area contributed by atoms with E-state index in [9.17, 15) is 17.2 Å². The summed E-state index contributed by atoms with van der Waals surface area (Å²) in [5.41, 5.74) is -0.0709. The molecule has 112 valence electrons. The molecule has 2 rings (SSSR count). The number of nitrogens with zero attached hydrogens (tertiary/aromatic N) is 1. The highest BCUT2D eigenvalue weighted by Gasteiger charge is 2.15. The Bertz CT molecular complexity index is 734. The van der Waals surface area contributed by atoms with Gasteiger partial charge in [0, 0.05) is 25.4 Å². The van der Waals surface area contributed by atoms with Gasteiger partial charge in [-0.15, -0.1) is 0 Å². The number of anilines is 1. The predicted octanol–water partition coefficient (Wildman–Crippen LogP) is 1.88. The van der Waals surface area contributed by atoms with Crippen LogP contribution in [-0.2, 0) is 16.6 Å². The first kappa shape index (κ1) is 15.3. The van der Waals surface area contributed by atoms with Crippen molar-refractivity contribution < 1.29 is 17.2 Å². The maximum Gasteiger partial charge on any atom is 0.242 e. The van der Waals surface area contributed by atoms with Crippen molar-refractivity contribution in [3.05, 3.63) is 53.7 Å². The Kier molecular flexibility index (Phi) is 4.49. The first-order valence-electron chi connectivity index (χ1n) is 6.00.